The number of likely N-dealkylation sites (N-methyl/N-ethyl adjacent to an activating group) is 1. The van der Waals surface area contributed by atoms with Gasteiger partial charge in [0.05, 0.1) is 12.1 Å². The minimum Gasteiger partial charge on any atom is -0.418 e. The van der Waals surface area contributed by atoms with Crippen LogP contribution in [0.25, 0.3) is 0 Å². The maximum atomic E-state index is 11.8. The smallest absolute Gasteiger partial charge is 0.222 e. The molecule has 1 saturated heterocycles. The molecule has 0 radical (unpaired) electrons. The lowest BCUT2D eigenvalue weighted by atomic mass is 9.72. The number of hydrogen-bond acceptors (Lipinski definition) is 2. The van der Waals surface area contributed by atoms with Crippen molar-refractivity contribution in [3.8, 4) is 0 Å². The van der Waals surface area contributed by atoms with Gasteiger partial charge in [-0.2, -0.15) is 0 Å². The highest BCUT2D eigenvalue weighted by atomic mass is 28.3. The molecule has 1 amide bonds. The number of nitrogens with zero attached hydrogens (tertiary/aromatic N) is 1. The van der Waals surface area contributed by atoms with E-state index in [9.17, 15) is 4.79 Å². The predicted octanol–water partition coefficient (Wildman–Crippen LogP) is 2.02. The zero-order valence-corrected chi connectivity index (χ0v) is 12.6. The van der Waals surface area contributed by atoms with E-state index in [0.29, 0.717) is 13.0 Å². The van der Waals surface area contributed by atoms with Crippen LogP contribution in [-0.2, 0) is 9.22 Å². The molecular weight excluding hydrogens is 218 g/mol. The maximum Gasteiger partial charge on any atom is 0.222 e. The molecule has 0 spiro atoms. The fourth-order valence-electron chi connectivity index (χ4n) is 2.46. The molecule has 4 heteroatoms. The van der Waals surface area contributed by atoms with Crippen LogP contribution in [0.2, 0.25) is 13.1 Å². The standard InChI is InChI=1S/C12H25NO2Si/c1-11(2,3)12(9-15-16(5)6)8-7-10(14)13(12)4/h16H,7-9H2,1-6H3/t12-/m1/s1. The van der Waals surface area contributed by atoms with Crippen LogP contribution in [0, 0.1) is 5.41 Å². The predicted molar refractivity (Wildman–Crippen MR) is 69.0 cm³/mol. The summed E-state index contributed by atoms with van der Waals surface area (Å²) < 4.78 is 5.92. The second kappa shape index (κ2) is 4.49. The lowest BCUT2D eigenvalue weighted by Crippen LogP contribution is -2.56. The molecule has 0 aromatic heterocycles. The van der Waals surface area contributed by atoms with Gasteiger partial charge in [-0.25, -0.2) is 0 Å². The second-order valence-corrected chi connectivity index (χ2v) is 8.52. The van der Waals surface area contributed by atoms with Crippen molar-refractivity contribution >= 4 is 14.9 Å². The van der Waals surface area contributed by atoms with Crippen LogP contribution < -0.4 is 0 Å². The van der Waals surface area contributed by atoms with Crippen LogP contribution in [0.5, 0.6) is 0 Å². The van der Waals surface area contributed by atoms with Crippen molar-refractivity contribution in [2.75, 3.05) is 13.7 Å². The average Bonchev–Trinajstić information content (AvgIpc) is 2.41. The summed E-state index contributed by atoms with van der Waals surface area (Å²) in [6, 6.07) is 0. The molecule has 0 bridgehead atoms. The molecule has 1 aliphatic heterocycles. The first kappa shape index (κ1) is 13.7. The van der Waals surface area contributed by atoms with Crippen molar-refractivity contribution in [1.29, 1.82) is 0 Å². The third-order valence-electron chi connectivity index (χ3n) is 3.82. The van der Waals surface area contributed by atoms with Crippen molar-refractivity contribution in [1.82, 2.24) is 4.90 Å². The summed E-state index contributed by atoms with van der Waals surface area (Å²) in [5, 5.41) is 0. The van der Waals surface area contributed by atoms with Crippen LogP contribution >= 0.6 is 0 Å². The minimum absolute atomic E-state index is 0.0667. The Morgan fingerprint density at radius 3 is 2.31 bits per heavy atom. The molecule has 94 valence electrons. The molecule has 1 heterocycles. The summed E-state index contributed by atoms with van der Waals surface area (Å²) in [7, 11) is 0.895. The summed E-state index contributed by atoms with van der Waals surface area (Å²) in [5.74, 6) is 0.254. The Morgan fingerprint density at radius 2 is 2.00 bits per heavy atom. The third-order valence-corrected chi connectivity index (χ3v) is 4.65. The van der Waals surface area contributed by atoms with Gasteiger partial charge >= 0.3 is 0 Å². The summed E-state index contributed by atoms with van der Waals surface area (Å²) in [4.78, 5) is 13.7. The van der Waals surface area contributed by atoms with Gasteiger partial charge in [0.2, 0.25) is 5.91 Å². The van der Waals surface area contributed by atoms with E-state index in [2.05, 4.69) is 33.9 Å². The topological polar surface area (TPSA) is 29.5 Å². The Balaban J connectivity index is 2.91. The Kier molecular flexibility index (Phi) is 3.85. The Bertz CT molecular complexity index is 273. The van der Waals surface area contributed by atoms with Gasteiger partial charge in [0, 0.05) is 13.5 Å². The first-order chi connectivity index (χ1) is 7.21. The van der Waals surface area contributed by atoms with Gasteiger partial charge in [-0.15, -0.1) is 0 Å². The molecule has 1 aliphatic rings. The zero-order chi connectivity index (χ0) is 12.6. The van der Waals surface area contributed by atoms with Gasteiger partial charge in [0.25, 0.3) is 0 Å². The fourth-order valence-corrected chi connectivity index (χ4v) is 3.07. The minimum atomic E-state index is -1.03. The van der Waals surface area contributed by atoms with E-state index >= 15 is 0 Å². The Hall–Kier alpha value is -0.353. The number of likely N-dealkylation sites (tertiary alicyclic amines) is 1. The maximum absolute atomic E-state index is 11.8. The highest BCUT2D eigenvalue weighted by Gasteiger charge is 2.51. The van der Waals surface area contributed by atoms with E-state index in [1.54, 1.807) is 0 Å². The molecule has 0 aromatic rings. The number of rotatable bonds is 3. The van der Waals surface area contributed by atoms with Gasteiger partial charge in [0.1, 0.15) is 0 Å². The van der Waals surface area contributed by atoms with Crippen LogP contribution in [0.15, 0.2) is 0 Å². The quantitative estimate of drug-likeness (QED) is 0.710. The summed E-state index contributed by atoms with van der Waals surface area (Å²) >= 11 is 0. The fraction of sp³-hybridized carbons (Fsp3) is 0.917. The van der Waals surface area contributed by atoms with Gasteiger partial charge in [-0.05, 0) is 24.9 Å². The van der Waals surface area contributed by atoms with Crippen LogP contribution in [-0.4, -0.2) is 39.0 Å². The van der Waals surface area contributed by atoms with Gasteiger partial charge in [-0.3, -0.25) is 4.79 Å². The van der Waals surface area contributed by atoms with E-state index in [-0.39, 0.29) is 16.9 Å². The summed E-state index contributed by atoms with van der Waals surface area (Å²) in [6.07, 6.45) is 1.59. The lowest BCUT2D eigenvalue weighted by molar-refractivity contribution is -0.133. The molecule has 0 saturated carbocycles. The summed E-state index contributed by atoms with van der Waals surface area (Å²) in [6.45, 7) is 11.6. The van der Waals surface area contributed by atoms with E-state index < -0.39 is 9.04 Å². The molecule has 0 unspecified atom stereocenters. The van der Waals surface area contributed by atoms with Gasteiger partial charge < -0.3 is 9.33 Å². The first-order valence-corrected chi connectivity index (χ1v) is 8.87. The van der Waals surface area contributed by atoms with Crippen molar-refractivity contribution in [2.45, 2.75) is 52.2 Å². The normalized spacial score (nSPS) is 26.9. The molecule has 0 aromatic carbocycles. The second-order valence-electron chi connectivity index (χ2n) is 6.09. The molecule has 1 fully saturated rings. The molecular formula is C12H25NO2Si. The van der Waals surface area contributed by atoms with Crippen molar-refractivity contribution in [3.63, 3.8) is 0 Å². The Morgan fingerprint density at radius 1 is 1.44 bits per heavy atom. The van der Waals surface area contributed by atoms with E-state index in [1.807, 2.05) is 11.9 Å². The van der Waals surface area contributed by atoms with E-state index in [1.165, 1.54) is 0 Å². The number of hydrogen-bond donors (Lipinski definition) is 0. The van der Waals surface area contributed by atoms with Crippen LogP contribution in [0.3, 0.4) is 0 Å². The van der Waals surface area contributed by atoms with Crippen LogP contribution in [0.1, 0.15) is 33.6 Å². The van der Waals surface area contributed by atoms with Crippen molar-refractivity contribution < 1.29 is 9.22 Å². The number of carbonyl (C=O) groups excluding carboxylic acids is 1. The van der Waals surface area contributed by atoms with Gasteiger partial charge in [0.15, 0.2) is 9.04 Å². The molecule has 3 nitrogen and oxygen atoms in total. The zero-order valence-electron chi connectivity index (χ0n) is 11.5. The van der Waals surface area contributed by atoms with Crippen molar-refractivity contribution in [2.24, 2.45) is 5.41 Å². The lowest BCUT2D eigenvalue weighted by Gasteiger charge is -2.47. The molecule has 0 aliphatic carbocycles. The monoisotopic (exact) mass is 243 g/mol. The van der Waals surface area contributed by atoms with Crippen LogP contribution in [0.4, 0.5) is 0 Å². The average molecular weight is 243 g/mol. The van der Waals surface area contributed by atoms with E-state index in [4.69, 9.17) is 4.43 Å². The first-order valence-electron chi connectivity index (χ1n) is 6.09. The third kappa shape index (κ3) is 2.32. The Labute approximate surface area is 101 Å². The molecule has 16 heavy (non-hydrogen) atoms. The molecule has 1 rings (SSSR count). The van der Waals surface area contributed by atoms with Crippen molar-refractivity contribution in [3.05, 3.63) is 0 Å². The number of amides is 1. The van der Waals surface area contributed by atoms with E-state index in [0.717, 1.165) is 6.42 Å². The molecule has 0 N–H and O–H groups in total. The number of carbonyl (C=O) groups is 1. The van der Waals surface area contributed by atoms with Gasteiger partial charge in [-0.1, -0.05) is 20.8 Å². The largest absolute Gasteiger partial charge is 0.418 e. The summed E-state index contributed by atoms with van der Waals surface area (Å²) in [5.41, 5.74) is -0.0431. The highest BCUT2D eigenvalue weighted by Crippen LogP contribution is 2.43. The molecule has 1 atom stereocenters. The highest BCUT2D eigenvalue weighted by molar-refractivity contribution is 6.48. The SMILES string of the molecule is CN1C(=O)CC[C@@]1(CO[SiH](C)C)C(C)(C)C.